The molecule has 0 aromatic heterocycles. The lowest BCUT2D eigenvalue weighted by atomic mass is 10.1. The van der Waals surface area contributed by atoms with Gasteiger partial charge in [-0.25, -0.2) is 0 Å². The van der Waals surface area contributed by atoms with E-state index in [1.165, 1.54) is 0 Å². The Morgan fingerprint density at radius 1 is 1.22 bits per heavy atom. The zero-order valence-corrected chi connectivity index (χ0v) is 11.3. The number of hydrogen-bond acceptors (Lipinski definition) is 2. The normalized spacial score (nSPS) is 10.4. The van der Waals surface area contributed by atoms with Gasteiger partial charge in [0.1, 0.15) is 5.75 Å². The van der Waals surface area contributed by atoms with Crippen LogP contribution < -0.4 is 10.5 Å². The van der Waals surface area contributed by atoms with Crippen LogP contribution in [0.15, 0.2) is 36.4 Å². The molecule has 0 amide bonds. The van der Waals surface area contributed by atoms with Crippen molar-refractivity contribution in [3.8, 4) is 11.5 Å². The van der Waals surface area contributed by atoms with E-state index in [1.807, 2.05) is 43.3 Å². The monoisotopic (exact) mass is 261 g/mol. The highest BCUT2D eigenvalue weighted by Crippen LogP contribution is 2.31. The Morgan fingerprint density at radius 2 is 2.00 bits per heavy atom. The Labute approximate surface area is 112 Å². The molecule has 0 saturated carbocycles. The predicted octanol–water partition coefficient (Wildman–Crippen LogP) is 4.59. The lowest BCUT2D eigenvalue weighted by molar-refractivity contribution is 0.484. The van der Waals surface area contributed by atoms with E-state index in [1.54, 1.807) is 0 Å². The summed E-state index contributed by atoms with van der Waals surface area (Å²) in [5.74, 6) is 1.44. The highest BCUT2D eigenvalue weighted by atomic mass is 35.5. The van der Waals surface area contributed by atoms with Crippen LogP contribution in [-0.4, -0.2) is 0 Å². The van der Waals surface area contributed by atoms with Crippen molar-refractivity contribution in [1.82, 2.24) is 0 Å². The number of aryl methyl sites for hydroxylation is 2. The average Bonchev–Trinajstić information content (AvgIpc) is 2.37. The molecule has 2 aromatic carbocycles. The molecule has 0 bridgehead atoms. The summed E-state index contributed by atoms with van der Waals surface area (Å²) >= 11 is 6.08. The van der Waals surface area contributed by atoms with Gasteiger partial charge in [0, 0.05) is 5.02 Å². The largest absolute Gasteiger partial charge is 0.455 e. The van der Waals surface area contributed by atoms with Crippen LogP contribution in [0.25, 0.3) is 0 Å². The highest BCUT2D eigenvalue weighted by Gasteiger charge is 2.06. The van der Waals surface area contributed by atoms with Crippen LogP contribution in [0.1, 0.15) is 18.1 Å². The number of benzene rings is 2. The molecule has 94 valence electrons. The zero-order chi connectivity index (χ0) is 13.1. The topological polar surface area (TPSA) is 35.2 Å². The number of hydrogen-bond donors (Lipinski definition) is 1. The third-order valence-electron chi connectivity index (χ3n) is 2.91. The summed E-state index contributed by atoms with van der Waals surface area (Å²) in [5, 5.41) is 0.766. The van der Waals surface area contributed by atoms with Gasteiger partial charge >= 0.3 is 0 Å². The smallest absolute Gasteiger partial charge is 0.150 e. The average molecular weight is 262 g/mol. The minimum absolute atomic E-state index is 0.672. The van der Waals surface area contributed by atoms with Gasteiger partial charge in [-0.3, -0.25) is 0 Å². The first kappa shape index (κ1) is 12.8. The fourth-order valence-electron chi connectivity index (χ4n) is 1.76. The van der Waals surface area contributed by atoms with E-state index in [0.29, 0.717) is 11.4 Å². The molecule has 0 radical (unpaired) electrons. The number of para-hydroxylation sites is 1. The number of rotatable bonds is 3. The quantitative estimate of drug-likeness (QED) is 0.821. The second-order valence-electron chi connectivity index (χ2n) is 4.20. The summed E-state index contributed by atoms with van der Waals surface area (Å²) in [7, 11) is 0. The third kappa shape index (κ3) is 2.59. The van der Waals surface area contributed by atoms with Gasteiger partial charge in [0.05, 0.1) is 5.69 Å². The number of anilines is 1. The second-order valence-corrected chi connectivity index (χ2v) is 4.60. The summed E-state index contributed by atoms with van der Waals surface area (Å²) in [5.41, 5.74) is 8.73. The van der Waals surface area contributed by atoms with Crippen molar-refractivity contribution in [2.24, 2.45) is 0 Å². The van der Waals surface area contributed by atoms with Crippen molar-refractivity contribution in [2.75, 3.05) is 5.73 Å². The first-order chi connectivity index (χ1) is 8.61. The molecule has 0 unspecified atom stereocenters. The van der Waals surface area contributed by atoms with Crippen molar-refractivity contribution < 1.29 is 4.74 Å². The Morgan fingerprint density at radius 3 is 2.72 bits per heavy atom. The van der Waals surface area contributed by atoms with Crippen LogP contribution in [0, 0.1) is 6.92 Å². The van der Waals surface area contributed by atoms with E-state index in [-0.39, 0.29) is 0 Å². The highest BCUT2D eigenvalue weighted by molar-refractivity contribution is 6.31. The molecule has 18 heavy (non-hydrogen) atoms. The van der Waals surface area contributed by atoms with E-state index < -0.39 is 0 Å². The Bertz CT molecular complexity index is 566. The molecular weight excluding hydrogens is 246 g/mol. The molecule has 0 aliphatic heterocycles. The maximum Gasteiger partial charge on any atom is 0.150 e. The summed E-state index contributed by atoms with van der Waals surface area (Å²) in [6.07, 6.45) is 0.874. The summed E-state index contributed by atoms with van der Waals surface area (Å²) in [6, 6.07) is 11.4. The number of nitrogens with two attached hydrogens (primary N) is 1. The number of halogens is 1. The molecule has 0 spiro atoms. The first-order valence-electron chi connectivity index (χ1n) is 5.93. The Kier molecular flexibility index (Phi) is 3.78. The van der Waals surface area contributed by atoms with Crippen molar-refractivity contribution in [3.63, 3.8) is 0 Å². The molecule has 3 heteroatoms. The zero-order valence-electron chi connectivity index (χ0n) is 10.5. The van der Waals surface area contributed by atoms with E-state index in [4.69, 9.17) is 22.1 Å². The van der Waals surface area contributed by atoms with Crippen molar-refractivity contribution >= 4 is 17.3 Å². The molecule has 0 saturated heterocycles. The van der Waals surface area contributed by atoms with Gasteiger partial charge < -0.3 is 10.5 Å². The van der Waals surface area contributed by atoms with Gasteiger partial charge in [0.2, 0.25) is 0 Å². The fraction of sp³-hybridized carbons (Fsp3) is 0.200. The SMILES string of the molecule is CCc1cc(Oc2cccc(C)c2N)ccc1Cl. The standard InChI is InChI=1S/C15H16ClNO/c1-3-11-9-12(7-8-13(11)16)18-14-6-4-5-10(2)15(14)17/h4-9H,3,17H2,1-2H3. The van der Waals surface area contributed by atoms with Crippen LogP contribution >= 0.6 is 11.6 Å². The summed E-state index contributed by atoms with van der Waals surface area (Å²) < 4.78 is 5.80. The van der Waals surface area contributed by atoms with Gasteiger partial charge in [-0.05, 0) is 48.7 Å². The van der Waals surface area contributed by atoms with Crippen LogP contribution in [0.3, 0.4) is 0 Å². The van der Waals surface area contributed by atoms with Gasteiger partial charge in [0.15, 0.2) is 5.75 Å². The maximum absolute atomic E-state index is 6.08. The third-order valence-corrected chi connectivity index (χ3v) is 3.28. The van der Waals surface area contributed by atoms with Gasteiger partial charge in [-0.1, -0.05) is 30.7 Å². The second kappa shape index (κ2) is 5.32. The predicted molar refractivity (Wildman–Crippen MR) is 76.5 cm³/mol. The minimum Gasteiger partial charge on any atom is -0.455 e. The molecule has 0 aliphatic carbocycles. The number of ether oxygens (including phenoxy) is 1. The van der Waals surface area contributed by atoms with E-state index in [2.05, 4.69) is 6.92 Å². The van der Waals surface area contributed by atoms with Crippen LogP contribution in [0.5, 0.6) is 11.5 Å². The molecule has 0 heterocycles. The molecular formula is C15H16ClNO. The van der Waals surface area contributed by atoms with Gasteiger partial charge in [-0.15, -0.1) is 0 Å². The van der Waals surface area contributed by atoms with Gasteiger partial charge in [0.25, 0.3) is 0 Å². The van der Waals surface area contributed by atoms with E-state index in [0.717, 1.165) is 28.3 Å². The van der Waals surface area contributed by atoms with E-state index >= 15 is 0 Å². The van der Waals surface area contributed by atoms with Crippen molar-refractivity contribution in [2.45, 2.75) is 20.3 Å². The molecule has 2 aromatic rings. The van der Waals surface area contributed by atoms with Crippen LogP contribution in [-0.2, 0) is 6.42 Å². The lowest BCUT2D eigenvalue weighted by Gasteiger charge is -2.11. The molecule has 0 atom stereocenters. The van der Waals surface area contributed by atoms with Crippen molar-refractivity contribution in [1.29, 1.82) is 0 Å². The summed E-state index contributed by atoms with van der Waals surface area (Å²) in [6.45, 7) is 4.02. The summed E-state index contributed by atoms with van der Waals surface area (Å²) in [4.78, 5) is 0. The molecule has 2 rings (SSSR count). The van der Waals surface area contributed by atoms with Crippen molar-refractivity contribution in [3.05, 3.63) is 52.5 Å². The molecule has 0 fully saturated rings. The van der Waals surface area contributed by atoms with Crippen LogP contribution in [0.2, 0.25) is 5.02 Å². The van der Waals surface area contributed by atoms with E-state index in [9.17, 15) is 0 Å². The maximum atomic E-state index is 6.08. The molecule has 2 nitrogen and oxygen atoms in total. The number of nitrogen functional groups attached to an aromatic ring is 1. The van der Waals surface area contributed by atoms with Gasteiger partial charge in [-0.2, -0.15) is 0 Å². The Balaban J connectivity index is 2.31. The lowest BCUT2D eigenvalue weighted by Crippen LogP contribution is -1.95. The van der Waals surface area contributed by atoms with Crippen LogP contribution in [0.4, 0.5) is 5.69 Å². The Hall–Kier alpha value is -1.67. The first-order valence-corrected chi connectivity index (χ1v) is 6.31. The molecule has 2 N–H and O–H groups in total. The molecule has 0 aliphatic rings. The fourth-order valence-corrected chi connectivity index (χ4v) is 2.01. The minimum atomic E-state index is 0.672.